The van der Waals surface area contributed by atoms with Crippen LogP contribution in [0.5, 0.6) is 5.75 Å². The van der Waals surface area contributed by atoms with Crippen molar-refractivity contribution >= 4 is 17.5 Å². The van der Waals surface area contributed by atoms with Crippen LogP contribution in [-0.2, 0) is 34.1 Å². The van der Waals surface area contributed by atoms with Crippen LogP contribution in [0.1, 0.15) is 52.9 Å². The molecule has 0 saturated heterocycles. The Hall–Kier alpha value is -4.20. The third-order valence-corrected chi connectivity index (χ3v) is 9.53. The number of allylic oxidation sites excluding steroid dienone is 1. The van der Waals surface area contributed by atoms with Crippen molar-refractivity contribution in [3.8, 4) is 5.75 Å². The summed E-state index contributed by atoms with van der Waals surface area (Å²) in [7, 11) is 2.93. The molecule has 4 atom stereocenters. The average molecular weight is 644 g/mol. The number of Topliss-reactive ketones (excluding diaryl/α,β-unsaturated/α-hetero) is 2. The number of fused-ring (bicyclic) bond motifs is 3. The predicted molar refractivity (Wildman–Crippen MR) is 160 cm³/mol. The monoisotopic (exact) mass is 643 g/mol. The quantitative estimate of drug-likeness (QED) is 0.248. The Morgan fingerprint density at radius 3 is 2.30 bits per heavy atom. The number of hydrogen-bond acceptors (Lipinski definition) is 9. The van der Waals surface area contributed by atoms with E-state index in [0.29, 0.717) is 6.54 Å². The molecule has 0 saturated carbocycles. The van der Waals surface area contributed by atoms with Crippen molar-refractivity contribution in [1.29, 1.82) is 0 Å². The Kier molecular flexibility index (Phi) is 8.11. The van der Waals surface area contributed by atoms with Gasteiger partial charge in [0.1, 0.15) is 22.8 Å². The molecular weight excluding hydrogens is 607 g/mol. The number of nitrogens with two attached hydrogens (primary N) is 1. The van der Waals surface area contributed by atoms with Gasteiger partial charge in [0.2, 0.25) is 5.78 Å². The number of ketones is 2. The van der Waals surface area contributed by atoms with Gasteiger partial charge in [-0.1, -0.05) is 44.2 Å². The standard InChI is InChI=1S/C33H36F3N3O7/c1-31(2,17-8-6-5-7-9-17)14-38-13-16-12-20(40)22-18(24(16)33(34,35)36)10-15-11-19-25(39(3)4)27(42)23(30(37)45)29(44)32(19,46)28(43)21(15)26(22)41/h5-9,12,15,19,25,38,40,42-43,46H,10-11,13-14H2,1-4H3,(H2,37,45)/t15-,19-,25-,32-/m0/s1. The highest BCUT2D eigenvalue weighted by molar-refractivity contribution is 6.24. The second-order valence-electron chi connectivity index (χ2n) is 13.1. The number of aromatic hydroxyl groups is 1. The van der Waals surface area contributed by atoms with Gasteiger partial charge in [-0.15, -0.1) is 0 Å². The van der Waals surface area contributed by atoms with Gasteiger partial charge in [0.25, 0.3) is 5.91 Å². The summed E-state index contributed by atoms with van der Waals surface area (Å²) in [5, 5.41) is 48.0. The maximum absolute atomic E-state index is 14.8. The number of alkyl halides is 3. The number of phenols is 1. The number of rotatable bonds is 7. The van der Waals surface area contributed by atoms with E-state index in [1.807, 2.05) is 44.2 Å². The number of benzene rings is 2. The summed E-state index contributed by atoms with van der Waals surface area (Å²) in [6.07, 6.45) is -5.73. The van der Waals surface area contributed by atoms with Gasteiger partial charge in [-0.2, -0.15) is 13.2 Å². The van der Waals surface area contributed by atoms with E-state index in [1.165, 1.54) is 19.0 Å². The molecule has 0 spiro atoms. The van der Waals surface area contributed by atoms with Crippen LogP contribution >= 0.6 is 0 Å². The maximum Gasteiger partial charge on any atom is 0.417 e. The Balaban J connectivity index is 1.59. The number of aliphatic hydroxyl groups is 3. The van der Waals surface area contributed by atoms with E-state index in [2.05, 4.69) is 5.32 Å². The van der Waals surface area contributed by atoms with Crippen molar-refractivity contribution in [1.82, 2.24) is 10.2 Å². The number of nitrogens with one attached hydrogen (secondary N) is 1. The molecule has 7 N–H and O–H groups in total. The summed E-state index contributed by atoms with van der Waals surface area (Å²) >= 11 is 0. The fourth-order valence-electron chi connectivity index (χ4n) is 7.38. The van der Waals surface area contributed by atoms with Crippen LogP contribution in [-0.4, -0.2) is 75.1 Å². The molecule has 1 amide bonds. The lowest BCUT2D eigenvalue weighted by Crippen LogP contribution is -2.63. The van der Waals surface area contributed by atoms with Crippen LogP contribution in [0.3, 0.4) is 0 Å². The number of primary amides is 1. The SMILES string of the molecule is CN(C)[C@@H]1C(O)=C(C(N)=O)C(=O)[C@@]2(O)C(O)=C3C(=O)c4c(O)cc(CNCC(C)(C)c5ccccc5)c(C(F)(F)F)c4C[C@H]3C[C@@H]12. The van der Waals surface area contributed by atoms with Gasteiger partial charge in [-0.3, -0.25) is 19.3 Å². The molecule has 5 rings (SSSR count). The molecule has 3 aliphatic rings. The Morgan fingerprint density at radius 2 is 1.74 bits per heavy atom. The molecule has 2 aromatic carbocycles. The summed E-state index contributed by atoms with van der Waals surface area (Å²) in [5.74, 6) is -9.14. The van der Waals surface area contributed by atoms with E-state index in [4.69, 9.17) is 5.73 Å². The normalized spacial score (nSPS) is 25.0. The molecule has 46 heavy (non-hydrogen) atoms. The van der Waals surface area contributed by atoms with E-state index in [-0.39, 0.29) is 18.5 Å². The third kappa shape index (κ3) is 5.06. The minimum atomic E-state index is -4.94. The number of hydrogen-bond donors (Lipinski definition) is 6. The van der Waals surface area contributed by atoms with E-state index in [0.717, 1.165) is 11.6 Å². The first-order valence-corrected chi connectivity index (χ1v) is 14.7. The van der Waals surface area contributed by atoms with Crippen molar-refractivity contribution in [3.63, 3.8) is 0 Å². The number of carbonyl (C=O) groups excluding carboxylic acids is 3. The van der Waals surface area contributed by atoms with Crippen molar-refractivity contribution < 1.29 is 48.0 Å². The lowest BCUT2D eigenvalue weighted by atomic mass is 9.58. The summed E-state index contributed by atoms with van der Waals surface area (Å²) in [6, 6.07) is 9.01. The molecule has 0 radical (unpaired) electrons. The third-order valence-electron chi connectivity index (χ3n) is 9.53. The lowest BCUT2D eigenvalue weighted by molar-refractivity contribution is -0.148. The first-order valence-electron chi connectivity index (χ1n) is 14.7. The molecule has 0 bridgehead atoms. The van der Waals surface area contributed by atoms with Crippen LogP contribution < -0.4 is 11.1 Å². The molecule has 13 heteroatoms. The molecule has 0 fully saturated rings. The van der Waals surface area contributed by atoms with Gasteiger partial charge in [0.15, 0.2) is 11.4 Å². The highest BCUT2D eigenvalue weighted by atomic mass is 19.4. The zero-order chi connectivity index (χ0) is 34.1. The summed E-state index contributed by atoms with van der Waals surface area (Å²) in [5.41, 5.74) is -1.08. The van der Waals surface area contributed by atoms with Gasteiger partial charge >= 0.3 is 6.18 Å². The van der Waals surface area contributed by atoms with Gasteiger partial charge in [-0.25, -0.2) is 0 Å². The van der Waals surface area contributed by atoms with Crippen LogP contribution in [0.2, 0.25) is 0 Å². The zero-order valence-electron chi connectivity index (χ0n) is 25.7. The van der Waals surface area contributed by atoms with Gasteiger partial charge in [0.05, 0.1) is 17.2 Å². The molecule has 3 aliphatic carbocycles. The predicted octanol–water partition coefficient (Wildman–Crippen LogP) is 3.21. The largest absolute Gasteiger partial charge is 0.510 e. The molecule has 0 unspecified atom stereocenters. The number of carbonyl (C=O) groups is 3. The molecular formula is C33H36F3N3O7. The fraction of sp³-hybridized carbons (Fsp3) is 0.424. The van der Waals surface area contributed by atoms with E-state index in [9.17, 15) is 48.0 Å². The number of halogens is 3. The fourth-order valence-corrected chi connectivity index (χ4v) is 7.38. The topological polar surface area (TPSA) is 173 Å². The summed E-state index contributed by atoms with van der Waals surface area (Å²) in [4.78, 5) is 40.7. The summed E-state index contributed by atoms with van der Waals surface area (Å²) in [6.45, 7) is 3.87. The first-order chi connectivity index (χ1) is 21.3. The Bertz CT molecular complexity index is 1700. The molecule has 246 valence electrons. The highest BCUT2D eigenvalue weighted by Crippen LogP contribution is 2.53. The number of aliphatic hydroxyl groups excluding tert-OH is 2. The number of likely N-dealkylation sites (N-methyl/N-ethyl adjacent to an activating group) is 1. The molecule has 0 heterocycles. The maximum atomic E-state index is 14.8. The first kappa shape index (κ1) is 33.2. The van der Waals surface area contributed by atoms with Crippen molar-refractivity contribution in [3.05, 3.63) is 86.9 Å². The van der Waals surface area contributed by atoms with E-state index < -0.39 is 104 Å². The number of phenolic OH excluding ortho intramolecular Hbond substituents is 1. The van der Waals surface area contributed by atoms with Crippen molar-refractivity contribution in [2.75, 3.05) is 20.6 Å². The van der Waals surface area contributed by atoms with Gasteiger partial charge < -0.3 is 31.5 Å². The smallest absolute Gasteiger partial charge is 0.417 e. The van der Waals surface area contributed by atoms with E-state index >= 15 is 0 Å². The zero-order valence-corrected chi connectivity index (χ0v) is 25.7. The van der Waals surface area contributed by atoms with Crippen LogP contribution in [0.25, 0.3) is 0 Å². The highest BCUT2D eigenvalue weighted by Gasteiger charge is 2.63. The molecule has 2 aromatic rings. The van der Waals surface area contributed by atoms with Crippen LogP contribution in [0.4, 0.5) is 13.2 Å². The van der Waals surface area contributed by atoms with Crippen LogP contribution in [0, 0.1) is 11.8 Å². The minimum absolute atomic E-state index is 0.282. The molecule has 0 aromatic heterocycles. The Labute approximate surface area is 263 Å². The van der Waals surface area contributed by atoms with E-state index in [1.54, 1.807) is 0 Å². The van der Waals surface area contributed by atoms with Crippen LogP contribution in [0.15, 0.2) is 59.1 Å². The molecule has 10 nitrogen and oxygen atoms in total. The van der Waals surface area contributed by atoms with Crippen molar-refractivity contribution in [2.45, 2.75) is 56.5 Å². The van der Waals surface area contributed by atoms with Crippen molar-refractivity contribution in [2.24, 2.45) is 17.6 Å². The second-order valence-corrected chi connectivity index (χ2v) is 13.1. The lowest BCUT2D eigenvalue weighted by Gasteiger charge is -2.50. The van der Waals surface area contributed by atoms with Gasteiger partial charge in [0, 0.05) is 30.0 Å². The minimum Gasteiger partial charge on any atom is -0.510 e. The second kappa shape index (κ2) is 11.2. The Morgan fingerprint density at radius 1 is 1.11 bits per heavy atom. The van der Waals surface area contributed by atoms with Gasteiger partial charge in [-0.05, 0) is 55.6 Å². The number of nitrogens with zero attached hydrogens (tertiary/aromatic N) is 1. The number of amides is 1. The molecule has 0 aliphatic heterocycles. The average Bonchev–Trinajstić information content (AvgIpc) is 2.94. The summed E-state index contributed by atoms with van der Waals surface area (Å²) < 4.78 is 44.4.